The van der Waals surface area contributed by atoms with Gasteiger partial charge < -0.3 is 15.5 Å². The van der Waals surface area contributed by atoms with Crippen molar-refractivity contribution in [2.45, 2.75) is 26.8 Å². The molecule has 1 amide bonds. The molecule has 0 unspecified atom stereocenters. The molecule has 0 saturated heterocycles. The average Bonchev–Trinajstić information content (AvgIpc) is 2.87. The largest absolute Gasteiger partial charge is 0.454 e. The van der Waals surface area contributed by atoms with E-state index in [9.17, 15) is 18.0 Å². The number of fused-ring (bicyclic) bond motifs is 1. The third-order valence-electron chi connectivity index (χ3n) is 6.05. The normalized spacial score (nSPS) is 12.6. The first-order valence-corrected chi connectivity index (χ1v) is 14.3. The molecule has 0 saturated carbocycles. The van der Waals surface area contributed by atoms with Gasteiger partial charge in [0.05, 0.1) is 35.3 Å². The summed E-state index contributed by atoms with van der Waals surface area (Å²) >= 11 is 5.99. The molecule has 0 aliphatic rings. The molecule has 0 aliphatic carbocycles. The van der Waals surface area contributed by atoms with Gasteiger partial charge in [0, 0.05) is 30.0 Å². The van der Waals surface area contributed by atoms with Crippen molar-refractivity contribution in [3.63, 3.8) is 0 Å². The van der Waals surface area contributed by atoms with Crippen molar-refractivity contribution in [1.29, 1.82) is 0 Å². The van der Waals surface area contributed by atoms with Crippen LogP contribution < -0.4 is 21.2 Å². The topological polar surface area (TPSA) is 170 Å². The number of nitrogens with two attached hydrogens (primary N) is 1. The van der Waals surface area contributed by atoms with Crippen LogP contribution in [0.1, 0.15) is 45.7 Å². The molecular weight excluding hydrogens is 556 g/mol. The molecule has 1 aromatic carbocycles. The van der Waals surface area contributed by atoms with E-state index in [-0.39, 0.29) is 27.7 Å². The van der Waals surface area contributed by atoms with E-state index in [0.29, 0.717) is 39.0 Å². The maximum atomic E-state index is 13.5. The van der Waals surface area contributed by atoms with Gasteiger partial charge in [0.25, 0.3) is 5.91 Å². The minimum absolute atomic E-state index is 0.00691. The van der Waals surface area contributed by atoms with E-state index in [1.165, 1.54) is 18.3 Å². The van der Waals surface area contributed by atoms with Gasteiger partial charge in [0.15, 0.2) is 16.9 Å². The molecule has 4 N–H and O–H groups in total. The summed E-state index contributed by atoms with van der Waals surface area (Å²) in [6.45, 7) is 5.32. The van der Waals surface area contributed by atoms with Crippen molar-refractivity contribution in [2.24, 2.45) is 4.99 Å². The number of aryl methyl sites for hydroxylation is 1. The van der Waals surface area contributed by atoms with E-state index < -0.39 is 22.0 Å². The SMILES string of the molecule is CN=Cc1cc(-c2oc3c([C@@H](C)Nc4ccc(Cl)nc4C(=O)NS(C)(=O)=O)cc(C)cc3c(=O)c2C)ncc1N. The Morgan fingerprint density at radius 1 is 1.23 bits per heavy atom. The lowest BCUT2D eigenvalue weighted by atomic mass is 9.99. The number of carbonyl (C=O) groups is 1. The number of pyridine rings is 2. The van der Waals surface area contributed by atoms with E-state index in [1.807, 2.05) is 17.7 Å². The summed E-state index contributed by atoms with van der Waals surface area (Å²) in [4.78, 5) is 38.6. The molecule has 0 fully saturated rings. The molecule has 11 nitrogen and oxygen atoms in total. The molecule has 0 radical (unpaired) electrons. The molecular formula is C27H27ClN6O5S. The highest BCUT2D eigenvalue weighted by molar-refractivity contribution is 7.89. The Morgan fingerprint density at radius 2 is 1.95 bits per heavy atom. The number of aliphatic imine (C=N–C) groups is 1. The zero-order chi connectivity index (χ0) is 29.4. The van der Waals surface area contributed by atoms with Crippen LogP contribution in [0.2, 0.25) is 5.15 Å². The second kappa shape index (κ2) is 11.1. The van der Waals surface area contributed by atoms with Crippen molar-refractivity contribution < 1.29 is 17.6 Å². The van der Waals surface area contributed by atoms with Gasteiger partial charge in [0.2, 0.25) is 10.0 Å². The number of aromatic nitrogens is 2. The van der Waals surface area contributed by atoms with Crippen LogP contribution >= 0.6 is 11.6 Å². The number of nitrogens with zero attached hydrogens (tertiary/aromatic N) is 3. The van der Waals surface area contributed by atoms with Gasteiger partial charge in [-0.1, -0.05) is 17.7 Å². The minimum atomic E-state index is -3.85. The summed E-state index contributed by atoms with van der Waals surface area (Å²) in [5.41, 5.74) is 9.40. The first-order chi connectivity index (χ1) is 18.8. The predicted molar refractivity (Wildman–Crippen MR) is 157 cm³/mol. The number of anilines is 2. The summed E-state index contributed by atoms with van der Waals surface area (Å²) in [5.74, 6) is -0.666. The Morgan fingerprint density at radius 3 is 2.62 bits per heavy atom. The summed E-state index contributed by atoms with van der Waals surface area (Å²) in [6.07, 6.45) is 3.93. The number of hydrogen-bond donors (Lipinski definition) is 3. The zero-order valence-electron chi connectivity index (χ0n) is 22.4. The predicted octanol–water partition coefficient (Wildman–Crippen LogP) is 4.01. The number of amides is 1. The maximum Gasteiger partial charge on any atom is 0.285 e. The van der Waals surface area contributed by atoms with E-state index >= 15 is 0 Å². The first kappa shape index (κ1) is 28.7. The van der Waals surface area contributed by atoms with Crippen LogP contribution in [-0.4, -0.2) is 43.8 Å². The molecule has 4 aromatic rings. The van der Waals surface area contributed by atoms with E-state index in [2.05, 4.69) is 20.3 Å². The van der Waals surface area contributed by atoms with Gasteiger partial charge in [-0.25, -0.2) is 18.1 Å². The van der Waals surface area contributed by atoms with Gasteiger partial charge in [-0.15, -0.1) is 0 Å². The Bertz CT molecular complexity index is 1850. The third-order valence-corrected chi connectivity index (χ3v) is 6.82. The highest BCUT2D eigenvalue weighted by atomic mass is 35.5. The Balaban J connectivity index is 1.86. The highest BCUT2D eigenvalue weighted by Crippen LogP contribution is 2.33. The van der Waals surface area contributed by atoms with Crippen LogP contribution in [0.25, 0.3) is 22.4 Å². The second-order valence-electron chi connectivity index (χ2n) is 9.30. The molecule has 3 aromatic heterocycles. The highest BCUT2D eigenvalue weighted by Gasteiger charge is 2.23. The number of nitrogen functional groups attached to an aromatic ring is 1. The van der Waals surface area contributed by atoms with Crippen LogP contribution in [0.4, 0.5) is 11.4 Å². The number of nitrogens with one attached hydrogen (secondary N) is 2. The van der Waals surface area contributed by atoms with Gasteiger partial charge >= 0.3 is 0 Å². The lowest BCUT2D eigenvalue weighted by molar-refractivity contribution is 0.0977. The van der Waals surface area contributed by atoms with Crippen LogP contribution in [-0.2, 0) is 10.0 Å². The summed E-state index contributed by atoms with van der Waals surface area (Å²) in [6, 6.07) is 7.74. The Kier molecular flexibility index (Phi) is 7.94. The minimum Gasteiger partial charge on any atom is -0.454 e. The van der Waals surface area contributed by atoms with Crippen LogP contribution in [0.15, 0.2) is 50.7 Å². The quantitative estimate of drug-likeness (QED) is 0.215. The number of benzene rings is 1. The number of halogens is 1. The fourth-order valence-electron chi connectivity index (χ4n) is 4.24. The van der Waals surface area contributed by atoms with Crippen molar-refractivity contribution in [3.8, 4) is 11.5 Å². The summed E-state index contributed by atoms with van der Waals surface area (Å²) < 4.78 is 31.6. The standard InChI is InChI=1S/C27H27ClN6O5S/c1-13-8-17(15(3)32-20-6-7-22(28)33-23(20)27(36)34-40(5,37)38)26-18(9-13)24(35)14(2)25(39-26)21-10-16(11-30-4)19(29)12-31-21/h6-12,15,32H,29H2,1-5H3,(H,34,36)/t15-/m1/s1. The van der Waals surface area contributed by atoms with E-state index in [4.69, 9.17) is 21.8 Å². The monoisotopic (exact) mass is 582 g/mol. The molecule has 0 spiro atoms. The van der Waals surface area contributed by atoms with E-state index in [1.54, 1.807) is 39.2 Å². The fraction of sp³-hybridized carbons (Fsp3) is 0.222. The second-order valence-corrected chi connectivity index (χ2v) is 11.4. The number of carbonyl (C=O) groups excluding carboxylic acids is 1. The Labute approximate surface area is 235 Å². The molecule has 0 aliphatic heterocycles. The first-order valence-electron chi connectivity index (χ1n) is 12.0. The van der Waals surface area contributed by atoms with Crippen molar-refractivity contribution in [3.05, 3.63) is 79.9 Å². The number of sulfonamides is 1. The van der Waals surface area contributed by atoms with Crippen molar-refractivity contribution >= 4 is 56.1 Å². The lowest BCUT2D eigenvalue weighted by Gasteiger charge is -2.20. The van der Waals surface area contributed by atoms with Crippen LogP contribution in [0.5, 0.6) is 0 Å². The molecule has 4 rings (SSSR count). The Hall–Kier alpha value is -4.29. The smallest absolute Gasteiger partial charge is 0.285 e. The van der Waals surface area contributed by atoms with Gasteiger partial charge in [-0.2, -0.15) is 0 Å². The van der Waals surface area contributed by atoms with Gasteiger partial charge in [-0.05, 0) is 50.6 Å². The summed E-state index contributed by atoms with van der Waals surface area (Å²) in [7, 11) is -2.23. The van der Waals surface area contributed by atoms with Gasteiger partial charge in [-0.3, -0.25) is 19.6 Å². The molecule has 1 atom stereocenters. The molecule has 0 bridgehead atoms. The average molecular weight is 583 g/mol. The van der Waals surface area contributed by atoms with Crippen molar-refractivity contribution in [1.82, 2.24) is 14.7 Å². The number of rotatable bonds is 7. The van der Waals surface area contributed by atoms with Crippen LogP contribution in [0, 0.1) is 13.8 Å². The molecule has 13 heteroatoms. The maximum absolute atomic E-state index is 13.5. The van der Waals surface area contributed by atoms with Gasteiger partial charge in [0.1, 0.15) is 16.4 Å². The van der Waals surface area contributed by atoms with Crippen LogP contribution in [0.3, 0.4) is 0 Å². The third kappa shape index (κ3) is 5.97. The summed E-state index contributed by atoms with van der Waals surface area (Å²) in [5, 5.41) is 3.56. The molecule has 40 heavy (non-hydrogen) atoms. The number of hydrogen-bond acceptors (Lipinski definition) is 10. The fourth-order valence-corrected chi connectivity index (χ4v) is 4.82. The lowest BCUT2D eigenvalue weighted by Crippen LogP contribution is -2.31. The van der Waals surface area contributed by atoms with Crippen molar-refractivity contribution in [2.75, 3.05) is 24.4 Å². The zero-order valence-corrected chi connectivity index (χ0v) is 23.9. The van der Waals surface area contributed by atoms with E-state index in [0.717, 1.165) is 11.8 Å². The molecule has 3 heterocycles. The molecule has 208 valence electrons.